The van der Waals surface area contributed by atoms with Crippen molar-refractivity contribution in [3.8, 4) is 0 Å². The normalized spacial score (nSPS) is 13.7. The summed E-state index contributed by atoms with van der Waals surface area (Å²) in [6.45, 7) is 3.05. The first-order valence-corrected chi connectivity index (χ1v) is 6.85. The summed E-state index contributed by atoms with van der Waals surface area (Å²) in [5.74, 6) is -8.49. The molecule has 1 aromatic rings. The summed E-state index contributed by atoms with van der Waals surface area (Å²) in [6, 6.07) is 2.75. The first kappa shape index (κ1) is 19.9. The quantitative estimate of drug-likeness (QED) is 0.620. The first-order chi connectivity index (χ1) is 10.9. The van der Waals surface area contributed by atoms with Crippen LogP contribution in [0.1, 0.15) is 36.2 Å². The average molecular weight is 354 g/mol. The Bertz CT molecular complexity index is 593. The second-order valence-corrected chi connectivity index (χ2v) is 5.53. The fraction of sp³-hybridized carbons (Fsp3) is 0.467. The zero-order valence-corrected chi connectivity index (χ0v) is 12.7. The molecule has 0 amide bonds. The van der Waals surface area contributed by atoms with E-state index in [-0.39, 0.29) is 0 Å². The maximum Gasteiger partial charge on any atom is 0.416 e. The molecule has 1 atom stereocenters. The van der Waals surface area contributed by atoms with Gasteiger partial charge in [0.25, 0.3) is 0 Å². The van der Waals surface area contributed by atoms with Crippen LogP contribution in [0.4, 0.5) is 22.0 Å². The molecule has 0 aliphatic heterocycles. The van der Waals surface area contributed by atoms with Gasteiger partial charge in [-0.2, -0.15) is 22.0 Å². The molecule has 1 rings (SSSR count). The van der Waals surface area contributed by atoms with Crippen molar-refractivity contribution in [1.29, 1.82) is 0 Å². The Kier molecular flexibility index (Phi) is 5.91. The predicted molar refractivity (Wildman–Crippen MR) is 72.7 cm³/mol. The van der Waals surface area contributed by atoms with Gasteiger partial charge in [0.05, 0.1) is 11.1 Å². The molecule has 0 fully saturated rings. The molecule has 0 spiro atoms. The van der Waals surface area contributed by atoms with Gasteiger partial charge in [0, 0.05) is 0 Å². The van der Waals surface area contributed by atoms with Gasteiger partial charge in [-0.25, -0.2) is 9.59 Å². The highest BCUT2D eigenvalue weighted by Gasteiger charge is 2.50. The van der Waals surface area contributed by atoms with Crippen molar-refractivity contribution in [2.45, 2.75) is 38.5 Å². The molecule has 0 aliphatic carbocycles. The minimum Gasteiger partial charge on any atom is -0.477 e. The molecule has 24 heavy (non-hydrogen) atoms. The average Bonchev–Trinajstić information content (AvgIpc) is 2.45. The van der Waals surface area contributed by atoms with Crippen molar-refractivity contribution >= 4 is 11.9 Å². The molecule has 1 N–H and O–H groups in total. The van der Waals surface area contributed by atoms with Crippen LogP contribution in [0.3, 0.4) is 0 Å². The van der Waals surface area contributed by atoms with E-state index in [1.54, 1.807) is 0 Å². The Morgan fingerprint density at radius 2 is 1.58 bits per heavy atom. The molecule has 1 unspecified atom stereocenters. The molecule has 0 aromatic heterocycles. The van der Waals surface area contributed by atoms with E-state index in [1.165, 1.54) is 13.8 Å². The summed E-state index contributed by atoms with van der Waals surface area (Å²) in [4.78, 5) is 22.5. The van der Waals surface area contributed by atoms with E-state index in [0.717, 1.165) is 12.1 Å². The topological polar surface area (TPSA) is 63.6 Å². The molecule has 9 heteroatoms. The molecule has 0 saturated heterocycles. The largest absolute Gasteiger partial charge is 0.477 e. The van der Waals surface area contributed by atoms with Crippen molar-refractivity contribution in [1.82, 2.24) is 0 Å². The van der Waals surface area contributed by atoms with Crippen LogP contribution in [-0.2, 0) is 15.7 Å². The van der Waals surface area contributed by atoms with E-state index in [9.17, 15) is 31.5 Å². The number of carbonyl (C=O) groups excluding carboxylic acids is 1. The third-order valence-electron chi connectivity index (χ3n) is 3.07. The second-order valence-electron chi connectivity index (χ2n) is 5.53. The second kappa shape index (κ2) is 7.14. The fourth-order valence-corrected chi connectivity index (χ4v) is 1.83. The maximum absolute atomic E-state index is 13.6. The number of carboxylic acids is 1. The van der Waals surface area contributed by atoms with Crippen molar-refractivity contribution in [3.05, 3.63) is 35.4 Å². The zero-order valence-electron chi connectivity index (χ0n) is 12.7. The van der Waals surface area contributed by atoms with Gasteiger partial charge in [0.2, 0.25) is 0 Å². The van der Waals surface area contributed by atoms with E-state index in [4.69, 9.17) is 5.11 Å². The highest BCUT2D eigenvalue weighted by molar-refractivity contribution is 5.90. The molecule has 4 nitrogen and oxygen atoms in total. The van der Waals surface area contributed by atoms with Gasteiger partial charge < -0.3 is 9.84 Å². The van der Waals surface area contributed by atoms with Crippen molar-refractivity contribution in [3.63, 3.8) is 0 Å². The molecule has 1 aromatic carbocycles. The molecule has 0 radical (unpaired) electrons. The van der Waals surface area contributed by atoms with Gasteiger partial charge in [0.15, 0.2) is 6.10 Å². The lowest BCUT2D eigenvalue weighted by Gasteiger charge is -2.25. The van der Waals surface area contributed by atoms with Gasteiger partial charge in [0.1, 0.15) is 0 Å². The minimum atomic E-state index is -4.61. The number of ether oxygens (including phenoxy) is 1. The molecular weight excluding hydrogens is 339 g/mol. The standard InChI is InChI=1S/C15H15F5O4/c1-8(2)7-11(14(16,17)13(22)23)24-12(21)9-3-5-10(6-4-9)15(18,19)20/h3-6,8,11H,7H2,1-2H3,(H,22,23). The van der Waals surface area contributed by atoms with Gasteiger partial charge in [-0.15, -0.1) is 0 Å². The predicted octanol–water partition coefficient (Wildman–Crippen LogP) is 4.00. The third kappa shape index (κ3) is 4.90. The number of hydrogen-bond acceptors (Lipinski definition) is 3. The molecule has 0 saturated carbocycles. The zero-order chi connectivity index (χ0) is 18.7. The van der Waals surface area contributed by atoms with Gasteiger partial charge in [-0.3, -0.25) is 0 Å². The van der Waals surface area contributed by atoms with Crippen molar-refractivity contribution in [2.24, 2.45) is 5.92 Å². The van der Waals surface area contributed by atoms with E-state index < -0.39 is 53.6 Å². The Labute approximate surface area is 134 Å². The van der Waals surface area contributed by atoms with Crippen LogP contribution in [0.15, 0.2) is 24.3 Å². The number of esters is 1. The Morgan fingerprint density at radius 3 is 1.96 bits per heavy atom. The number of rotatable bonds is 6. The Balaban J connectivity index is 2.98. The monoisotopic (exact) mass is 354 g/mol. The molecule has 0 heterocycles. The highest BCUT2D eigenvalue weighted by atomic mass is 19.4. The van der Waals surface area contributed by atoms with Gasteiger partial charge >= 0.3 is 24.0 Å². The lowest BCUT2D eigenvalue weighted by molar-refractivity contribution is -0.183. The number of carbonyl (C=O) groups is 2. The Hall–Kier alpha value is -2.19. The summed E-state index contributed by atoms with van der Waals surface area (Å²) < 4.78 is 69.1. The third-order valence-corrected chi connectivity index (χ3v) is 3.07. The summed E-state index contributed by atoms with van der Waals surface area (Å²) in [5, 5.41) is 8.57. The van der Waals surface area contributed by atoms with Gasteiger partial charge in [-0.1, -0.05) is 13.8 Å². The van der Waals surface area contributed by atoms with Crippen LogP contribution in [0.2, 0.25) is 0 Å². The lowest BCUT2D eigenvalue weighted by atomic mass is 10.0. The molecule has 0 bridgehead atoms. The number of benzene rings is 1. The Morgan fingerprint density at radius 1 is 1.08 bits per heavy atom. The van der Waals surface area contributed by atoms with Crippen molar-refractivity contribution in [2.75, 3.05) is 0 Å². The molecular formula is C15H15F5O4. The van der Waals surface area contributed by atoms with Gasteiger partial charge in [-0.05, 0) is 36.6 Å². The summed E-state index contributed by atoms with van der Waals surface area (Å²) >= 11 is 0. The summed E-state index contributed by atoms with van der Waals surface area (Å²) in [7, 11) is 0. The number of alkyl halides is 5. The van der Waals surface area contributed by atoms with E-state index in [1.807, 2.05) is 0 Å². The van der Waals surface area contributed by atoms with E-state index >= 15 is 0 Å². The number of hydrogen-bond donors (Lipinski definition) is 1. The van der Waals surface area contributed by atoms with E-state index in [0.29, 0.717) is 12.1 Å². The number of aliphatic carboxylic acids is 1. The minimum absolute atomic E-state index is 0.391. The summed E-state index contributed by atoms with van der Waals surface area (Å²) in [6.07, 6.45) is -7.27. The number of halogens is 5. The molecule has 134 valence electrons. The van der Waals surface area contributed by atoms with Crippen LogP contribution in [-0.4, -0.2) is 29.1 Å². The van der Waals surface area contributed by atoms with E-state index in [2.05, 4.69) is 4.74 Å². The highest BCUT2D eigenvalue weighted by Crippen LogP contribution is 2.30. The number of carboxylic acid groups (broad SMARTS) is 1. The smallest absolute Gasteiger partial charge is 0.416 e. The summed E-state index contributed by atoms with van der Waals surface area (Å²) in [5.41, 5.74) is -1.41. The van der Waals surface area contributed by atoms with Crippen LogP contribution >= 0.6 is 0 Å². The van der Waals surface area contributed by atoms with Crippen LogP contribution in [0, 0.1) is 5.92 Å². The van der Waals surface area contributed by atoms with Crippen LogP contribution < -0.4 is 0 Å². The van der Waals surface area contributed by atoms with Crippen LogP contribution in [0.5, 0.6) is 0 Å². The lowest BCUT2D eigenvalue weighted by Crippen LogP contribution is -2.44. The van der Waals surface area contributed by atoms with Crippen LogP contribution in [0.25, 0.3) is 0 Å². The fourth-order valence-electron chi connectivity index (χ4n) is 1.83. The SMILES string of the molecule is CC(C)CC(OC(=O)c1ccc(C(F)(F)F)cc1)C(F)(F)C(=O)O. The maximum atomic E-state index is 13.6. The first-order valence-electron chi connectivity index (χ1n) is 6.85. The van der Waals surface area contributed by atoms with Crippen molar-refractivity contribution < 1.29 is 41.4 Å². The molecule has 0 aliphatic rings.